The van der Waals surface area contributed by atoms with Crippen LogP contribution in [0.4, 0.5) is 4.79 Å². The largest absolute Gasteiger partial charge is 0.444 e. The second kappa shape index (κ2) is 9.63. The zero-order valence-electron chi connectivity index (χ0n) is 19.6. The number of aromatic amines is 1. The normalized spacial score (nSPS) is 16.1. The Morgan fingerprint density at radius 2 is 1.88 bits per heavy atom. The van der Waals surface area contributed by atoms with E-state index in [0.717, 1.165) is 24.1 Å². The molecule has 8 heteroatoms. The second-order valence-corrected chi connectivity index (χ2v) is 9.68. The fourth-order valence-electron chi connectivity index (χ4n) is 4.11. The zero-order chi connectivity index (χ0) is 23.5. The Balaban J connectivity index is 1.63. The Labute approximate surface area is 189 Å². The lowest BCUT2D eigenvalue weighted by Crippen LogP contribution is -2.47. The minimum atomic E-state index is -0.668. The van der Waals surface area contributed by atoms with E-state index in [9.17, 15) is 14.4 Å². The summed E-state index contributed by atoms with van der Waals surface area (Å²) < 4.78 is 5.11. The van der Waals surface area contributed by atoms with Gasteiger partial charge in [-0.3, -0.25) is 9.59 Å². The lowest BCUT2D eigenvalue weighted by molar-refractivity contribution is -0.135. The minimum Gasteiger partial charge on any atom is -0.444 e. The van der Waals surface area contributed by atoms with E-state index in [1.807, 2.05) is 17.0 Å². The number of carbonyl (C=O) groups excluding carboxylic acids is 3. The van der Waals surface area contributed by atoms with E-state index in [1.165, 1.54) is 10.9 Å². The van der Waals surface area contributed by atoms with Crippen LogP contribution < -0.4 is 10.6 Å². The van der Waals surface area contributed by atoms with Crippen molar-refractivity contribution in [2.45, 2.75) is 59.1 Å². The highest BCUT2D eigenvalue weighted by atomic mass is 16.6. The highest BCUT2D eigenvalue weighted by Crippen LogP contribution is 2.37. The molecule has 3 amide bonds. The molecule has 0 saturated carbocycles. The number of fused-ring (bicyclic) bond motifs is 3. The number of hydrogen-bond donors (Lipinski definition) is 3. The SMILES string of the molecule is CC(C)CC1c2[nH]c3ccccc3c2CCN1C(=O)CNC(=O)CNC(=O)OC(C)(C)C. The number of ether oxygens (including phenoxy) is 1. The van der Waals surface area contributed by atoms with Gasteiger partial charge in [-0.2, -0.15) is 0 Å². The molecule has 32 heavy (non-hydrogen) atoms. The third-order valence-corrected chi connectivity index (χ3v) is 5.40. The number of nitrogens with one attached hydrogen (secondary N) is 3. The lowest BCUT2D eigenvalue weighted by atomic mass is 9.91. The number of nitrogens with zero attached hydrogens (tertiary/aromatic N) is 1. The average molecular weight is 443 g/mol. The molecule has 0 saturated heterocycles. The molecule has 0 fully saturated rings. The van der Waals surface area contributed by atoms with Crippen LogP contribution in [0.15, 0.2) is 24.3 Å². The number of aromatic nitrogens is 1. The van der Waals surface area contributed by atoms with Gasteiger partial charge in [0.1, 0.15) is 12.1 Å². The maximum Gasteiger partial charge on any atom is 0.408 e. The second-order valence-electron chi connectivity index (χ2n) is 9.68. The van der Waals surface area contributed by atoms with Crippen LogP contribution in [0.2, 0.25) is 0 Å². The Morgan fingerprint density at radius 1 is 1.16 bits per heavy atom. The summed E-state index contributed by atoms with van der Waals surface area (Å²) in [6.07, 6.45) is 0.936. The first-order chi connectivity index (χ1) is 15.0. The van der Waals surface area contributed by atoms with E-state index in [2.05, 4.69) is 41.6 Å². The molecule has 1 atom stereocenters. The minimum absolute atomic E-state index is 0.0598. The molecule has 0 spiro atoms. The maximum atomic E-state index is 13.0. The number of carbonyl (C=O) groups is 3. The zero-order valence-corrected chi connectivity index (χ0v) is 19.6. The van der Waals surface area contributed by atoms with Crippen LogP contribution in [-0.4, -0.2) is 53.0 Å². The number of amides is 3. The summed E-state index contributed by atoms with van der Waals surface area (Å²) >= 11 is 0. The number of rotatable bonds is 6. The molecule has 3 N–H and O–H groups in total. The molecule has 0 aliphatic carbocycles. The van der Waals surface area contributed by atoms with E-state index in [0.29, 0.717) is 12.5 Å². The van der Waals surface area contributed by atoms with Crippen molar-refractivity contribution in [3.05, 3.63) is 35.5 Å². The van der Waals surface area contributed by atoms with Crippen molar-refractivity contribution >= 4 is 28.8 Å². The Bertz CT molecular complexity index is 990. The molecule has 3 rings (SSSR count). The van der Waals surface area contributed by atoms with Crippen LogP contribution in [0, 0.1) is 5.92 Å². The first-order valence-electron chi connectivity index (χ1n) is 11.2. The van der Waals surface area contributed by atoms with Gasteiger partial charge in [0.05, 0.1) is 12.6 Å². The standard InChI is InChI=1S/C24H34N4O4/c1-15(2)12-19-22-17(16-8-6-7-9-18(16)27-22)10-11-28(19)21(30)14-25-20(29)13-26-23(31)32-24(3,4)5/h6-9,15,19,27H,10-14H2,1-5H3,(H,25,29)(H,26,31). The summed E-state index contributed by atoms with van der Waals surface area (Å²) in [5.74, 6) is -0.168. The summed E-state index contributed by atoms with van der Waals surface area (Å²) in [5, 5.41) is 6.23. The summed E-state index contributed by atoms with van der Waals surface area (Å²) in [6.45, 7) is 9.77. The van der Waals surface area contributed by atoms with E-state index >= 15 is 0 Å². The van der Waals surface area contributed by atoms with Crippen LogP contribution in [0.3, 0.4) is 0 Å². The number of hydrogen-bond acceptors (Lipinski definition) is 4. The summed E-state index contributed by atoms with van der Waals surface area (Å²) in [6, 6.07) is 8.16. The Morgan fingerprint density at radius 3 is 2.56 bits per heavy atom. The van der Waals surface area contributed by atoms with Gasteiger partial charge in [-0.1, -0.05) is 32.0 Å². The molecule has 1 aliphatic heterocycles. The van der Waals surface area contributed by atoms with Crippen molar-refractivity contribution in [2.75, 3.05) is 19.6 Å². The van der Waals surface area contributed by atoms with Crippen LogP contribution in [0.25, 0.3) is 10.9 Å². The first-order valence-corrected chi connectivity index (χ1v) is 11.2. The van der Waals surface area contributed by atoms with E-state index in [4.69, 9.17) is 4.74 Å². The average Bonchev–Trinajstić information content (AvgIpc) is 3.08. The third-order valence-electron chi connectivity index (χ3n) is 5.40. The van der Waals surface area contributed by atoms with E-state index in [-0.39, 0.29) is 25.0 Å². The number of benzene rings is 1. The van der Waals surface area contributed by atoms with Gasteiger partial charge in [-0.25, -0.2) is 4.79 Å². The monoisotopic (exact) mass is 442 g/mol. The molecule has 8 nitrogen and oxygen atoms in total. The third kappa shape index (κ3) is 5.81. The quantitative estimate of drug-likeness (QED) is 0.639. The molecule has 0 radical (unpaired) electrons. The fraction of sp³-hybridized carbons (Fsp3) is 0.542. The summed E-state index contributed by atoms with van der Waals surface area (Å²) in [4.78, 5) is 42.2. The molecule has 1 aromatic heterocycles. The fourth-order valence-corrected chi connectivity index (χ4v) is 4.11. The Kier molecular flexibility index (Phi) is 7.11. The summed E-state index contributed by atoms with van der Waals surface area (Å²) in [5.41, 5.74) is 2.82. The topological polar surface area (TPSA) is 104 Å². The van der Waals surface area contributed by atoms with E-state index in [1.54, 1.807) is 20.8 Å². The molecule has 2 heterocycles. The number of alkyl carbamates (subject to hydrolysis) is 1. The molecule has 1 aromatic carbocycles. The van der Waals surface area contributed by atoms with Crippen molar-refractivity contribution in [2.24, 2.45) is 5.92 Å². The van der Waals surface area contributed by atoms with Gasteiger partial charge in [0.15, 0.2) is 0 Å². The van der Waals surface area contributed by atoms with Gasteiger partial charge in [0.25, 0.3) is 0 Å². The lowest BCUT2D eigenvalue weighted by Gasteiger charge is -2.37. The highest BCUT2D eigenvalue weighted by molar-refractivity contribution is 5.89. The van der Waals surface area contributed by atoms with Gasteiger partial charge < -0.3 is 25.3 Å². The van der Waals surface area contributed by atoms with Gasteiger partial charge >= 0.3 is 6.09 Å². The van der Waals surface area contributed by atoms with Gasteiger partial charge in [-0.05, 0) is 51.2 Å². The van der Waals surface area contributed by atoms with Crippen LogP contribution >= 0.6 is 0 Å². The first kappa shape index (κ1) is 23.6. The highest BCUT2D eigenvalue weighted by Gasteiger charge is 2.33. The van der Waals surface area contributed by atoms with Crippen molar-refractivity contribution < 1.29 is 19.1 Å². The smallest absolute Gasteiger partial charge is 0.408 e. The summed E-state index contributed by atoms with van der Waals surface area (Å²) in [7, 11) is 0. The van der Waals surface area contributed by atoms with Gasteiger partial charge in [0, 0.05) is 23.1 Å². The molecular weight excluding hydrogens is 408 g/mol. The van der Waals surface area contributed by atoms with Gasteiger partial charge in [0.2, 0.25) is 11.8 Å². The molecule has 2 aromatic rings. The number of para-hydroxylation sites is 1. The van der Waals surface area contributed by atoms with E-state index < -0.39 is 17.6 Å². The molecule has 1 unspecified atom stereocenters. The molecular formula is C24H34N4O4. The van der Waals surface area contributed by atoms with Crippen molar-refractivity contribution in [1.29, 1.82) is 0 Å². The van der Waals surface area contributed by atoms with Crippen LogP contribution in [-0.2, 0) is 20.7 Å². The van der Waals surface area contributed by atoms with Crippen LogP contribution in [0.5, 0.6) is 0 Å². The molecule has 0 bridgehead atoms. The molecule has 174 valence electrons. The maximum absolute atomic E-state index is 13.0. The van der Waals surface area contributed by atoms with Gasteiger partial charge in [-0.15, -0.1) is 0 Å². The predicted octanol–water partition coefficient (Wildman–Crippen LogP) is 3.28. The van der Waals surface area contributed by atoms with Crippen molar-refractivity contribution in [3.8, 4) is 0 Å². The van der Waals surface area contributed by atoms with Crippen molar-refractivity contribution in [3.63, 3.8) is 0 Å². The molecule has 1 aliphatic rings. The van der Waals surface area contributed by atoms with Crippen LogP contribution in [0.1, 0.15) is 58.3 Å². The Hall–Kier alpha value is -3.03. The van der Waals surface area contributed by atoms with Crippen molar-refractivity contribution in [1.82, 2.24) is 20.5 Å². The predicted molar refractivity (Wildman–Crippen MR) is 123 cm³/mol. The number of H-pyrrole nitrogens is 1.